The van der Waals surface area contributed by atoms with Crippen LogP contribution in [0.1, 0.15) is 32.2 Å². The van der Waals surface area contributed by atoms with Crippen molar-refractivity contribution in [3.05, 3.63) is 28.0 Å². The summed E-state index contributed by atoms with van der Waals surface area (Å²) in [5, 5.41) is 5.68. The summed E-state index contributed by atoms with van der Waals surface area (Å²) < 4.78 is 1.74. The number of nitrogens with zero attached hydrogens (tertiary/aromatic N) is 4. The molecule has 8 heteroatoms. The molecular formula is C16H18N6OS. The molecule has 124 valence electrons. The maximum atomic E-state index is 13.0. The number of hydrogen-bond acceptors (Lipinski definition) is 7. The van der Waals surface area contributed by atoms with E-state index >= 15 is 0 Å². The normalized spacial score (nSPS) is 14.2. The quantitative estimate of drug-likeness (QED) is 0.739. The number of nitrogen functional groups attached to an aromatic ring is 1. The van der Waals surface area contributed by atoms with Gasteiger partial charge in [0.25, 0.3) is 5.56 Å². The van der Waals surface area contributed by atoms with Gasteiger partial charge in [0.2, 0.25) is 0 Å². The van der Waals surface area contributed by atoms with E-state index in [-0.39, 0.29) is 11.6 Å². The van der Waals surface area contributed by atoms with Crippen LogP contribution in [-0.2, 0) is 0 Å². The molecular weight excluding hydrogens is 324 g/mol. The lowest BCUT2D eigenvalue weighted by Gasteiger charge is -2.13. The van der Waals surface area contributed by atoms with Crippen LogP contribution in [0.15, 0.2) is 22.4 Å². The first-order valence-corrected chi connectivity index (χ1v) is 8.93. The molecule has 0 atom stereocenters. The molecule has 1 fully saturated rings. The van der Waals surface area contributed by atoms with Crippen molar-refractivity contribution in [2.24, 2.45) is 0 Å². The van der Waals surface area contributed by atoms with Gasteiger partial charge in [0, 0.05) is 30.2 Å². The highest BCUT2D eigenvalue weighted by Crippen LogP contribution is 2.37. The van der Waals surface area contributed by atoms with Crippen molar-refractivity contribution >= 4 is 34.0 Å². The average molecular weight is 342 g/mol. The largest absolute Gasteiger partial charge is 0.397 e. The predicted octanol–water partition coefficient (Wildman–Crippen LogP) is 2.65. The summed E-state index contributed by atoms with van der Waals surface area (Å²) in [6, 6.07) is 1.95. The Bertz CT molecular complexity index is 945. The Morgan fingerprint density at radius 3 is 2.92 bits per heavy atom. The molecule has 3 heterocycles. The van der Waals surface area contributed by atoms with Gasteiger partial charge in [0.15, 0.2) is 11.3 Å². The van der Waals surface area contributed by atoms with Crippen LogP contribution in [0.2, 0.25) is 0 Å². The van der Waals surface area contributed by atoms with Gasteiger partial charge in [-0.3, -0.25) is 9.36 Å². The lowest BCUT2D eigenvalue weighted by Crippen LogP contribution is -2.24. The molecule has 0 bridgehead atoms. The summed E-state index contributed by atoms with van der Waals surface area (Å²) in [7, 11) is 0. The maximum Gasteiger partial charge on any atom is 0.281 e. The third kappa shape index (κ3) is 2.52. The van der Waals surface area contributed by atoms with Gasteiger partial charge in [-0.2, -0.15) is 0 Å². The number of nitrogens with one attached hydrogen (secondary N) is 1. The molecule has 4 rings (SSSR count). The van der Waals surface area contributed by atoms with Crippen LogP contribution >= 0.6 is 11.3 Å². The molecule has 3 aromatic rings. The average Bonchev–Trinajstić information content (AvgIpc) is 3.25. The second-order valence-corrected chi connectivity index (χ2v) is 6.79. The maximum absolute atomic E-state index is 13.0. The third-order valence-electron chi connectivity index (χ3n) is 3.98. The van der Waals surface area contributed by atoms with Gasteiger partial charge in [-0.15, -0.1) is 11.3 Å². The molecule has 0 spiro atoms. The van der Waals surface area contributed by atoms with Crippen molar-refractivity contribution in [3.63, 3.8) is 0 Å². The van der Waals surface area contributed by atoms with Crippen LogP contribution in [0.3, 0.4) is 0 Å². The second kappa shape index (κ2) is 5.86. The van der Waals surface area contributed by atoms with E-state index in [0.717, 1.165) is 25.8 Å². The molecule has 3 aromatic heterocycles. The minimum Gasteiger partial charge on any atom is -0.397 e. The fourth-order valence-electron chi connectivity index (χ4n) is 2.69. The van der Waals surface area contributed by atoms with Gasteiger partial charge in [0.1, 0.15) is 16.3 Å². The molecule has 3 N–H and O–H groups in total. The first kappa shape index (κ1) is 15.1. The van der Waals surface area contributed by atoms with Crippen LogP contribution in [0.4, 0.5) is 11.5 Å². The van der Waals surface area contributed by atoms with Gasteiger partial charge in [-0.25, -0.2) is 15.0 Å². The number of thiazole rings is 1. The number of anilines is 2. The van der Waals surface area contributed by atoms with Crippen LogP contribution in [-0.4, -0.2) is 26.1 Å². The van der Waals surface area contributed by atoms with E-state index in [1.54, 1.807) is 16.8 Å². The summed E-state index contributed by atoms with van der Waals surface area (Å²) >= 11 is 1.40. The van der Waals surface area contributed by atoms with Crippen LogP contribution in [0.25, 0.3) is 21.9 Å². The molecule has 0 radical (unpaired) electrons. The summed E-state index contributed by atoms with van der Waals surface area (Å²) in [5.74, 6) is 0.680. The predicted molar refractivity (Wildman–Crippen MR) is 96.4 cm³/mol. The van der Waals surface area contributed by atoms with E-state index in [2.05, 4.69) is 27.2 Å². The lowest BCUT2D eigenvalue weighted by molar-refractivity contribution is 0.726. The Morgan fingerprint density at radius 2 is 2.25 bits per heavy atom. The Morgan fingerprint density at radius 1 is 1.42 bits per heavy atom. The molecule has 1 aliphatic rings. The summed E-state index contributed by atoms with van der Waals surface area (Å²) in [5.41, 5.74) is 8.07. The highest BCUT2D eigenvalue weighted by atomic mass is 32.1. The van der Waals surface area contributed by atoms with Crippen molar-refractivity contribution in [1.82, 2.24) is 19.5 Å². The fraction of sp³-hybridized carbons (Fsp3) is 0.375. The molecule has 1 aliphatic carbocycles. The summed E-state index contributed by atoms with van der Waals surface area (Å²) in [6.07, 6.45) is 4.61. The molecule has 0 saturated heterocycles. The van der Waals surface area contributed by atoms with Crippen LogP contribution < -0.4 is 16.6 Å². The van der Waals surface area contributed by atoms with Gasteiger partial charge in [-0.05, 0) is 19.3 Å². The van der Waals surface area contributed by atoms with E-state index in [9.17, 15) is 4.79 Å². The van der Waals surface area contributed by atoms with Gasteiger partial charge >= 0.3 is 0 Å². The zero-order valence-electron chi connectivity index (χ0n) is 13.3. The van der Waals surface area contributed by atoms with Gasteiger partial charge in [-0.1, -0.05) is 6.92 Å². The van der Waals surface area contributed by atoms with Gasteiger partial charge in [0.05, 0.1) is 5.69 Å². The lowest BCUT2D eigenvalue weighted by atomic mass is 10.3. The molecule has 0 amide bonds. The van der Waals surface area contributed by atoms with Crippen LogP contribution in [0.5, 0.6) is 0 Å². The highest BCUT2D eigenvalue weighted by Gasteiger charge is 2.29. The van der Waals surface area contributed by atoms with Crippen molar-refractivity contribution < 1.29 is 0 Å². The fourth-order valence-corrected chi connectivity index (χ4v) is 3.31. The van der Waals surface area contributed by atoms with Crippen LogP contribution in [0, 0.1) is 0 Å². The van der Waals surface area contributed by atoms with Crippen molar-refractivity contribution in [3.8, 4) is 10.7 Å². The van der Waals surface area contributed by atoms with E-state index in [1.165, 1.54) is 11.3 Å². The number of pyridine rings is 1. The molecule has 0 aromatic carbocycles. The first-order chi connectivity index (χ1) is 11.7. The Labute approximate surface area is 142 Å². The van der Waals surface area contributed by atoms with Gasteiger partial charge < -0.3 is 11.1 Å². The van der Waals surface area contributed by atoms with E-state index in [0.29, 0.717) is 33.4 Å². The van der Waals surface area contributed by atoms with Crippen molar-refractivity contribution in [1.29, 1.82) is 0 Å². The van der Waals surface area contributed by atoms with Crippen molar-refractivity contribution in [2.75, 3.05) is 17.6 Å². The number of rotatable bonds is 5. The minimum atomic E-state index is -0.139. The molecule has 24 heavy (non-hydrogen) atoms. The zero-order chi connectivity index (χ0) is 16.7. The Hall–Kier alpha value is -2.48. The number of hydrogen-bond donors (Lipinski definition) is 2. The van der Waals surface area contributed by atoms with E-state index < -0.39 is 0 Å². The highest BCUT2D eigenvalue weighted by molar-refractivity contribution is 7.13. The number of nitrogens with two attached hydrogens (primary N) is 1. The summed E-state index contributed by atoms with van der Waals surface area (Å²) in [4.78, 5) is 26.3. The third-order valence-corrected chi connectivity index (χ3v) is 4.76. The van der Waals surface area contributed by atoms with E-state index in [1.807, 2.05) is 5.38 Å². The topological polar surface area (TPSA) is 98.7 Å². The first-order valence-electron chi connectivity index (χ1n) is 8.05. The smallest absolute Gasteiger partial charge is 0.281 e. The number of aromatic nitrogens is 4. The Kier molecular flexibility index (Phi) is 3.68. The molecule has 0 aliphatic heterocycles. The minimum absolute atomic E-state index is 0.139. The Balaban J connectivity index is 1.98. The SMILES string of the molecule is CCCNc1cc(N)c2nc(-c3nccs3)c(=O)n(C3CC3)c2n1. The number of fused-ring (bicyclic) bond motifs is 1. The molecule has 0 unspecified atom stereocenters. The van der Waals surface area contributed by atoms with E-state index in [4.69, 9.17) is 5.73 Å². The summed E-state index contributed by atoms with van der Waals surface area (Å²) in [6.45, 7) is 2.88. The molecule has 1 saturated carbocycles. The second-order valence-electron chi connectivity index (χ2n) is 5.90. The van der Waals surface area contributed by atoms with Crippen molar-refractivity contribution in [2.45, 2.75) is 32.2 Å². The monoisotopic (exact) mass is 342 g/mol. The molecule has 7 nitrogen and oxygen atoms in total. The standard InChI is InChI=1S/C16H18N6OS/c1-2-5-18-11-8-10(17)12-14(20-11)22(9-3-4-9)16(23)13(21-12)15-19-6-7-24-15/h6-9H,2-5H2,1H3,(H3,17,18,20). The zero-order valence-corrected chi connectivity index (χ0v) is 14.1.